The largest absolute Gasteiger partial charge is 0.466 e. The lowest BCUT2D eigenvalue weighted by atomic mass is 9.95. The number of carbonyl (C=O) groups excluding carboxylic acids is 2. The highest BCUT2D eigenvalue weighted by molar-refractivity contribution is 5.96. The summed E-state index contributed by atoms with van der Waals surface area (Å²) in [6.07, 6.45) is 2.97. The van der Waals surface area contributed by atoms with Crippen molar-refractivity contribution in [3.8, 4) is 0 Å². The number of ketones is 1. The monoisotopic (exact) mass is 198 g/mol. The molecule has 0 aliphatic rings. The summed E-state index contributed by atoms with van der Waals surface area (Å²) in [4.78, 5) is 22.5. The average Bonchev–Trinajstić information content (AvgIpc) is 2.14. The molecule has 0 N–H and O–H groups in total. The van der Waals surface area contributed by atoms with E-state index in [1.165, 1.54) is 0 Å². The van der Waals surface area contributed by atoms with Gasteiger partial charge < -0.3 is 4.74 Å². The molecule has 0 heterocycles. The van der Waals surface area contributed by atoms with Crippen LogP contribution in [0.4, 0.5) is 0 Å². The van der Waals surface area contributed by atoms with Crippen LogP contribution in [0.15, 0.2) is 12.7 Å². The first kappa shape index (κ1) is 12.9. The fourth-order valence-electron chi connectivity index (χ4n) is 1.23. The molecule has 3 nitrogen and oxygen atoms in total. The summed E-state index contributed by atoms with van der Waals surface area (Å²) in [5.41, 5.74) is 0. The number of esters is 1. The minimum absolute atomic E-state index is 0.0501. The standard InChI is InChI=1S/C11H18O3/c1-4-7-9(5-2)10(12)8-11(13)14-6-3/h4,9H,1,5-8H2,2-3H3. The van der Waals surface area contributed by atoms with Crippen molar-refractivity contribution in [3.63, 3.8) is 0 Å². The van der Waals surface area contributed by atoms with E-state index in [1.807, 2.05) is 6.92 Å². The molecule has 0 aromatic carbocycles. The Hall–Kier alpha value is -1.12. The highest BCUT2D eigenvalue weighted by Gasteiger charge is 2.18. The van der Waals surface area contributed by atoms with Crippen molar-refractivity contribution >= 4 is 11.8 Å². The van der Waals surface area contributed by atoms with Crippen LogP contribution in [-0.4, -0.2) is 18.4 Å². The predicted octanol–water partition coefficient (Wildman–Crippen LogP) is 2.11. The Morgan fingerprint density at radius 1 is 1.43 bits per heavy atom. The van der Waals surface area contributed by atoms with Crippen LogP contribution in [0.5, 0.6) is 0 Å². The summed E-state index contributed by atoms with van der Waals surface area (Å²) in [5.74, 6) is -0.567. The van der Waals surface area contributed by atoms with E-state index in [0.29, 0.717) is 13.0 Å². The predicted molar refractivity (Wildman–Crippen MR) is 54.9 cm³/mol. The van der Waals surface area contributed by atoms with E-state index in [2.05, 4.69) is 6.58 Å². The molecule has 0 fully saturated rings. The van der Waals surface area contributed by atoms with Gasteiger partial charge in [0.05, 0.1) is 6.61 Å². The minimum Gasteiger partial charge on any atom is -0.466 e. The fourth-order valence-corrected chi connectivity index (χ4v) is 1.23. The van der Waals surface area contributed by atoms with Gasteiger partial charge in [-0.25, -0.2) is 0 Å². The molecule has 1 atom stereocenters. The molecule has 0 aliphatic carbocycles. The third kappa shape index (κ3) is 4.80. The molecule has 0 aromatic rings. The van der Waals surface area contributed by atoms with E-state index in [0.717, 1.165) is 6.42 Å². The summed E-state index contributed by atoms with van der Waals surface area (Å²) >= 11 is 0. The first-order valence-electron chi connectivity index (χ1n) is 4.94. The first-order valence-corrected chi connectivity index (χ1v) is 4.94. The molecule has 1 unspecified atom stereocenters. The van der Waals surface area contributed by atoms with Gasteiger partial charge in [0, 0.05) is 5.92 Å². The normalized spacial score (nSPS) is 11.9. The van der Waals surface area contributed by atoms with Crippen LogP contribution in [0.3, 0.4) is 0 Å². The quantitative estimate of drug-likeness (QED) is 0.357. The molecule has 0 bridgehead atoms. The van der Waals surface area contributed by atoms with E-state index in [-0.39, 0.29) is 18.1 Å². The van der Waals surface area contributed by atoms with Crippen molar-refractivity contribution in [2.24, 2.45) is 5.92 Å². The van der Waals surface area contributed by atoms with Gasteiger partial charge in [0.2, 0.25) is 0 Å². The molecular formula is C11H18O3. The van der Waals surface area contributed by atoms with Crippen molar-refractivity contribution in [2.75, 3.05) is 6.61 Å². The second-order valence-electron chi connectivity index (χ2n) is 3.08. The molecule has 0 aromatic heterocycles. The van der Waals surface area contributed by atoms with E-state index < -0.39 is 5.97 Å². The van der Waals surface area contributed by atoms with Crippen LogP contribution in [0.2, 0.25) is 0 Å². The molecule has 0 radical (unpaired) electrons. The average molecular weight is 198 g/mol. The molecule has 0 amide bonds. The lowest BCUT2D eigenvalue weighted by Gasteiger charge is -2.10. The summed E-state index contributed by atoms with van der Waals surface area (Å²) < 4.78 is 4.70. The second-order valence-corrected chi connectivity index (χ2v) is 3.08. The smallest absolute Gasteiger partial charge is 0.313 e. The van der Waals surface area contributed by atoms with Gasteiger partial charge >= 0.3 is 5.97 Å². The van der Waals surface area contributed by atoms with Crippen LogP contribution in [0.25, 0.3) is 0 Å². The molecule has 0 spiro atoms. The van der Waals surface area contributed by atoms with Crippen LogP contribution in [0.1, 0.15) is 33.1 Å². The molecular weight excluding hydrogens is 180 g/mol. The van der Waals surface area contributed by atoms with Gasteiger partial charge in [0.1, 0.15) is 12.2 Å². The Bertz CT molecular complexity index is 209. The fraction of sp³-hybridized carbons (Fsp3) is 0.636. The number of carbonyl (C=O) groups is 2. The Morgan fingerprint density at radius 3 is 2.50 bits per heavy atom. The second kappa shape index (κ2) is 7.30. The minimum atomic E-state index is -0.431. The van der Waals surface area contributed by atoms with Crippen LogP contribution in [-0.2, 0) is 14.3 Å². The number of Topliss-reactive ketones (excluding diaryl/α,β-unsaturated/α-hetero) is 1. The van der Waals surface area contributed by atoms with Crippen LogP contribution < -0.4 is 0 Å². The zero-order valence-electron chi connectivity index (χ0n) is 8.91. The lowest BCUT2D eigenvalue weighted by Crippen LogP contribution is -2.18. The van der Waals surface area contributed by atoms with Gasteiger partial charge in [-0.05, 0) is 19.8 Å². The van der Waals surface area contributed by atoms with Crippen molar-refractivity contribution in [3.05, 3.63) is 12.7 Å². The third-order valence-electron chi connectivity index (χ3n) is 2.02. The molecule has 14 heavy (non-hydrogen) atoms. The zero-order valence-corrected chi connectivity index (χ0v) is 8.91. The molecule has 0 saturated carbocycles. The summed E-state index contributed by atoms with van der Waals surface area (Å²) in [6, 6.07) is 0. The summed E-state index contributed by atoms with van der Waals surface area (Å²) in [7, 11) is 0. The highest BCUT2D eigenvalue weighted by atomic mass is 16.5. The molecule has 0 rings (SSSR count). The maximum Gasteiger partial charge on any atom is 0.313 e. The maximum atomic E-state index is 11.5. The summed E-state index contributed by atoms with van der Waals surface area (Å²) in [5, 5.41) is 0. The van der Waals surface area contributed by atoms with Gasteiger partial charge in [-0.3, -0.25) is 9.59 Å². The van der Waals surface area contributed by atoms with Crippen molar-refractivity contribution < 1.29 is 14.3 Å². The summed E-state index contributed by atoms with van der Waals surface area (Å²) in [6.45, 7) is 7.56. The number of ether oxygens (including phenoxy) is 1. The van der Waals surface area contributed by atoms with Gasteiger partial charge in [0.15, 0.2) is 0 Å². The maximum absolute atomic E-state index is 11.5. The van der Waals surface area contributed by atoms with Crippen molar-refractivity contribution in [2.45, 2.75) is 33.1 Å². The van der Waals surface area contributed by atoms with E-state index >= 15 is 0 Å². The van der Waals surface area contributed by atoms with Gasteiger partial charge in [-0.15, -0.1) is 6.58 Å². The lowest BCUT2D eigenvalue weighted by molar-refractivity contribution is -0.146. The van der Waals surface area contributed by atoms with E-state index in [9.17, 15) is 9.59 Å². The van der Waals surface area contributed by atoms with E-state index in [4.69, 9.17) is 4.74 Å². The van der Waals surface area contributed by atoms with Gasteiger partial charge in [0.25, 0.3) is 0 Å². The van der Waals surface area contributed by atoms with Gasteiger partial charge in [-0.2, -0.15) is 0 Å². The third-order valence-corrected chi connectivity index (χ3v) is 2.02. The Balaban J connectivity index is 4.02. The topological polar surface area (TPSA) is 43.4 Å². The van der Waals surface area contributed by atoms with Crippen LogP contribution in [0, 0.1) is 5.92 Å². The van der Waals surface area contributed by atoms with Crippen molar-refractivity contribution in [1.82, 2.24) is 0 Å². The van der Waals surface area contributed by atoms with Crippen molar-refractivity contribution in [1.29, 1.82) is 0 Å². The Morgan fingerprint density at radius 2 is 2.07 bits per heavy atom. The molecule has 80 valence electrons. The highest BCUT2D eigenvalue weighted by Crippen LogP contribution is 2.12. The van der Waals surface area contributed by atoms with Crippen LogP contribution >= 0.6 is 0 Å². The molecule has 0 aliphatic heterocycles. The number of hydrogen-bond donors (Lipinski definition) is 0. The van der Waals surface area contributed by atoms with E-state index in [1.54, 1.807) is 13.0 Å². The van der Waals surface area contributed by atoms with Gasteiger partial charge in [-0.1, -0.05) is 13.0 Å². The zero-order chi connectivity index (χ0) is 11.0. The Kier molecular flexibility index (Phi) is 6.72. The number of hydrogen-bond acceptors (Lipinski definition) is 3. The number of rotatable bonds is 7. The SMILES string of the molecule is C=CCC(CC)C(=O)CC(=O)OCC. The molecule has 3 heteroatoms. The first-order chi connectivity index (χ1) is 6.65. The Labute approximate surface area is 85.1 Å². The molecule has 0 saturated heterocycles. The number of allylic oxidation sites excluding steroid dienone is 1.